The fourth-order valence-corrected chi connectivity index (χ4v) is 4.33. The molecule has 0 atom stereocenters. The van der Waals surface area contributed by atoms with Gasteiger partial charge in [-0.05, 0) is 26.4 Å². The van der Waals surface area contributed by atoms with Crippen LogP contribution in [0.4, 0.5) is 0 Å². The molecule has 0 aliphatic heterocycles. The van der Waals surface area contributed by atoms with Crippen molar-refractivity contribution >= 4 is 8.56 Å². The van der Waals surface area contributed by atoms with E-state index in [-0.39, 0.29) is 0 Å². The lowest BCUT2D eigenvalue weighted by Gasteiger charge is -2.25. The molecule has 0 bridgehead atoms. The third-order valence-corrected chi connectivity index (χ3v) is 5.69. The van der Waals surface area contributed by atoms with Gasteiger partial charge in [-0.1, -0.05) is 39.0 Å². The van der Waals surface area contributed by atoms with Crippen LogP contribution in [-0.4, -0.2) is 21.8 Å². The van der Waals surface area contributed by atoms with E-state index >= 15 is 0 Å². The fourth-order valence-electron chi connectivity index (χ4n) is 1.85. The molecule has 0 fully saturated rings. The Kier molecular flexibility index (Phi) is 9.45. The van der Waals surface area contributed by atoms with Crippen molar-refractivity contribution in [2.24, 2.45) is 0 Å². The summed E-state index contributed by atoms with van der Waals surface area (Å²) in [6, 6.07) is 1.15. The number of rotatable bonds is 10. The number of unbranched alkanes of at least 4 members (excludes halogenated alkanes) is 4. The Hall–Kier alpha value is 0.137. The predicted octanol–water partition coefficient (Wildman–Crippen LogP) is 4.10. The molecule has 0 rings (SSSR count). The van der Waals surface area contributed by atoms with Gasteiger partial charge >= 0.3 is 8.56 Å². The lowest BCUT2D eigenvalue weighted by atomic mass is 10.2. The summed E-state index contributed by atoms with van der Waals surface area (Å²) in [7, 11) is -1.81. The molecular formula is C12H28O2Si. The minimum absolute atomic E-state index is 0.789. The molecule has 3 heteroatoms. The first-order valence-corrected chi connectivity index (χ1v) is 8.98. The first kappa shape index (κ1) is 15.1. The molecule has 0 saturated heterocycles. The van der Waals surface area contributed by atoms with E-state index in [2.05, 4.69) is 27.3 Å². The van der Waals surface area contributed by atoms with Crippen molar-refractivity contribution in [2.45, 2.75) is 65.5 Å². The Morgan fingerprint density at radius 3 is 1.80 bits per heavy atom. The molecular weight excluding hydrogens is 204 g/mol. The zero-order chi connectivity index (χ0) is 11.6. The van der Waals surface area contributed by atoms with Crippen LogP contribution in [-0.2, 0) is 8.85 Å². The standard InChI is InChI=1S/C12H28O2Si/c1-5-8-9-10-11-12-15(4,13-6-2)14-7-3/h5-12H2,1-4H3. The van der Waals surface area contributed by atoms with E-state index in [4.69, 9.17) is 8.85 Å². The van der Waals surface area contributed by atoms with Gasteiger partial charge in [0.2, 0.25) is 0 Å². The summed E-state index contributed by atoms with van der Waals surface area (Å²) in [6.07, 6.45) is 6.63. The predicted molar refractivity (Wildman–Crippen MR) is 68.4 cm³/mol. The molecule has 0 aromatic rings. The van der Waals surface area contributed by atoms with Crippen molar-refractivity contribution in [3.8, 4) is 0 Å². The summed E-state index contributed by atoms with van der Waals surface area (Å²) >= 11 is 0. The van der Waals surface area contributed by atoms with Gasteiger partial charge in [-0.15, -0.1) is 0 Å². The Morgan fingerprint density at radius 1 is 0.800 bits per heavy atom. The van der Waals surface area contributed by atoms with Crippen LogP contribution in [0, 0.1) is 0 Å². The van der Waals surface area contributed by atoms with Crippen molar-refractivity contribution in [2.75, 3.05) is 13.2 Å². The summed E-state index contributed by atoms with van der Waals surface area (Å²) in [6.45, 7) is 10.1. The van der Waals surface area contributed by atoms with Gasteiger partial charge < -0.3 is 8.85 Å². The van der Waals surface area contributed by atoms with Crippen LogP contribution in [0.2, 0.25) is 12.6 Å². The van der Waals surface area contributed by atoms with Crippen molar-refractivity contribution in [1.29, 1.82) is 0 Å². The number of hydrogen-bond donors (Lipinski definition) is 0. The van der Waals surface area contributed by atoms with Crippen LogP contribution in [0.25, 0.3) is 0 Å². The highest BCUT2D eigenvalue weighted by Gasteiger charge is 2.29. The summed E-state index contributed by atoms with van der Waals surface area (Å²) < 4.78 is 11.6. The van der Waals surface area contributed by atoms with Gasteiger partial charge in [0.1, 0.15) is 0 Å². The fraction of sp³-hybridized carbons (Fsp3) is 1.00. The molecule has 15 heavy (non-hydrogen) atoms. The van der Waals surface area contributed by atoms with Crippen molar-refractivity contribution < 1.29 is 8.85 Å². The van der Waals surface area contributed by atoms with Gasteiger partial charge in [-0.3, -0.25) is 0 Å². The first-order chi connectivity index (χ1) is 7.18. The summed E-state index contributed by atoms with van der Waals surface area (Å²) in [4.78, 5) is 0. The molecule has 2 nitrogen and oxygen atoms in total. The topological polar surface area (TPSA) is 18.5 Å². The van der Waals surface area contributed by atoms with Crippen LogP contribution < -0.4 is 0 Å². The first-order valence-electron chi connectivity index (χ1n) is 6.46. The largest absolute Gasteiger partial charge is 0.395 e. The average Bonchev–Trinajstić information content (AvgIpc) is 2.18. The average molecular weight is 232 g/mol. The van der Waals surface area contributed by atoms with Gasteiger partial charge in [-0.25, -0.2) is 0 Å². The molecule has 0 aromatic heterocycles. The van der Waals surface area contributed by atoms with Crippen LogP contribution in [0.3, 0.4) is 0 Å². The van der Waals surface area contributed by atoms with Gasteiger partial charge in [0.15, 0.2) is 0 Å². The third-order valence-electron chi connectivity index (χ3n) is 2.63. The Bertz CT molecular complexity index is 134. The second-order valence-corrected chi connectivity index (χ2v) is 7.51. The van der Waals surface area contributed by atoms with E-state index in [1.807, 2.05) is 0 Å². The molecule has 0 N–H and O–H groups in total. The summed E-state index contributed by atoms with van der Waals surface area (Å²) in [5, 5.41) is 0. The smallest absolute Gasteiger partial charge is 0.334 e. The maximum absolute atomic E-state index is 5.79. The molecule has 0 spiro atoms. The molecule has 0 aromatic carbocycles. The lowest BCUT2D eigenvalue weighted by molar-refractivity contribution is 0.188. The minimum atomic E-state index is -1.81. The molecule has 0 radical (unpaired) electrons. The van der Waals surface area contributed by atoms with E-state index in [0.29, 0.717) is 0 Å². The summed E-state index contributed by atoms with van der Waals surface area (Å²) in [5.41, 5.74) is 0. The van der Waals surface area contributed by atoms with E-state index in [1.54, 1.807) is 0 Å². The van der Waals surface area contributed by atoms with E-state index in [9.17, 15) is 0 Å². The van der Waals surface area contributed by atoms with Gasteiger partial charge in [0.05, 0.1) is 0 Å². The van der Waals surface area contributed by atoms with E-state index in [0.717, 1.165) is 19.3 Å². The number of hydrogen-bond acceptors (Lipinski definition) is 2. The quantitative estimate of drug-likeness (QED) is 0.417. The van der Waals surface area contributed by atoms with Gasteiger partial charge in [0.25, 0.3) is 0 Å². The van der Waals surface area contributed by atoms with Crippen molar-refractivity contribution in [3.05, 3.63) is 0 Å². The molecule has 0 saturated carbocycles. The monoisotopic (exact) mass is 232 g/mol. The zero-order valence-corrected chi connectivity index (χ0v) is 12.0. The molecule has 0 unspecified atom stereocenters. The molecule has 0 heterocycles. The van der Waals surface area contributed by atoms with Gasteiger partial charge in [-0.2, -0.15) is 0 Å². The maximum atomic E-state index is 5.79. The second kappa shape index (κ2) is 9.37. The van der Waals surface area contributed by atoms with Crippen LogP contribution in [0.15, 0.2) is 0 Å². The highest BCUT2D eigenvalue weighted by molar-refractivity contribution is 6.66. The van der Waals surface area contributed by atoms with Crippen molar-refractivity contribution in [3.63, 3.8) is 0 Å². The maximum Gasteiger partial charge on any atom is 0.334 e. The molecule has 0 amide bonds. The molecule has 92 valence electrons. The van der Waals surface area contributed by atoms with E-state index in [1.165, 1.54) is 32.1 Å². The Labute approximate surface area is 96.6 Å². The van der Waals surface area contributed by atoms with Crippen LogP contribution in [0.1, 0.15) is 52.9 Å². The molecule has 0 aliphatic rings. The highest BCUT2D eigenvalue weighted by Crippen LogP contribution is 2.18. The Morgan fingerprint density at radius 2 is 1.33 bits per heavy atom. The van der Waals surface area contributed by atoms with E-state index < -0.39 is 8.56 Å². The molecule has 0 aliphatic carbocycles. The highest BCUT2D eigenvalue weighted by atomic mass is 28.4. The Balaban J connectivity index is 3.65. The second-order valence-electron chi connectivity index (χ2n) is 4.16. The van der Waals surface area contributed by atoms with Crippen LogP contribution >= 0.6 is 0 Å². The van der Waals surface area contributed by atoms with Crippen LogP contribution in [0.5, 0.6) is 0 Å². The normalized spacial score (nSPS) is 12.0. The third kappa shape index (κ3) is 8.00. The summed E-state index contributed by atoms with van der Waals surface area (Å²) in [5.74, 6) is 0. The van der Waals surface area contributed by atoms with Gasteiger partial charge in [0, 0.05) is 13.2 Å². The SMILES string of the molecule is CCCCCCC[Si](C)(OCC)OCC. The zero-order valence-electron chi connectivity index (χ0n) is 11.0. The minimum Gasteiger partial charge on any atom is -0.395 e. The van der Waals surface area contributed by atoms with Crippen molar-refractivity contribution in [1.82, 2.24) is 0 Å². The lowest BCUT2D eigenvalue weighted by Crippen LogP contribution is -2.38.